The Balaban J connectivity index is 2.13. The van der Waals surface area contributed by atoms with Gasteiger partial charge in [0, 0.05) is 106 Å². The minimum absolute atomic E-state index is 0.812. The molecule has 53 heavy (non-hydrogen) atoms. The Hall–Kier alpha value is -2.73. The monoisotopic (exact) mass is 800 g/mol. The second-order valence-electron chi connectivity index (χ2n) is 11.7. The van der Waals surface area contributed by atoms with E-state index in [4.69, 9.17) is 53.1 Å². The molecule has 0 unspecified atom stereocenters. The van der Waals surface area contributed by atoms with Gasteiger partial charge in [-0.3, -0.25) is 0 Å². The van der Waals surface area contributed by atoms with Crippen molar-refractivity contribution in [3.05, 3.63) is 119 Å². The normalized spacial score (nSPS) is 13.1. The maximum atomic E-state index is 5.83. The smallest absolute Gasteiger partial charge is 0.373 e. The summed E-state index contributed by atoms with van der Waals surface area (Å²) in [4.78, 5) is 0. The van der Waals surface area contributed by atoms with Crippen molar-refractivity contribution in [3.8, 4) is 0 Å². The van der Waals surface area contributed by atoms with Crippen molar-refractivity contribution in [1.82, 2.24) is 0 Å². The molecule has 0 aliphatic rings. The number of hydrogen-bond donors (Lipinski definition) is 0. The molecule has 4 aromatic carbocycles. The molecule has 0 N–H and O–H groups in total. The molecule has 0 amide bonds. The summed E-state index contributed by atoms with van der Waals surface area (Å²) < 4.78 is 70.0. The summed E-state index contributed by atoms with van der Waals surface area (Å²) in [7, 11) is 6.55. The third-order valence-corrected chi connectivity index (χ3v) is 20.5. The molecule has 0 saturated carbocycles. The Morgan fingerprint density at radius 1 is 0.245 bits per heavy atom. The lowest BCUT2D eigenvalue weighted by Crippen LogP contribution is -2.55. The molecule has 12 nitrogen and oxygen atoms in total. The molecule has 0 heterocycles. The molecule has 0 aromatic heterocycles. The van der Waals surface area contributed by atoms with E-state index in [2.05, 4.69) is 48.5 Å². The van der Waals surface area contributed by atoms with Crippen molar-refractivity contribution < 1.29 is 53.1 Å². The fraction of sp³-hybridized carbons (Fsp3) is 0.351. The van der Waals surface area contributed by atoms with Crippen LogP contribution in [0.25, 0.3) is 0 Å². The zero-order chi connectivity index (χ0) is 38.9. The first-order chi connectivity index (χ1) is 25.6. The van der Waals surface area contributed by atoms with Crippen LogP contribution in [0.5, 0.6) is 0 Å². The summed E-state index contributed by atoms with van der Waals surface area (Å²) in [5.74, 6) is 0. The van der Waals surface area contributed by atoms with Crippen LogP contribution in [0.1, 0.15) is 22.3 Å². The Labute approximate surface area is 318 Å². The highest BCUT2D eigenvalue weighted by molar-refractivity contribution is 6.76. The van der Waals surface area contributed by atoms with Crippen LogP contribution < -0.4 is 20.7 Å². The Morgan fingerprint density at radius 3 is 0.491 bits per heavy atom. The van der Waals surface area contributed by atoms with Gasteiger partial charge in [0.15, 0.2) is 0 Å². The summed E-state index contributed by atoms with van der Waals surface area (Å²) in [6.07, 6.45) is 0. The first kappa shape index (κ1) is 43.0. The Morgan fingerprint density at radius 2 is 0.377 bits per heavy atom. The predicted octanol–water partition coefficient (Wildman–Crippen LogP) is 2.41. The number of hydrogen-bond acceptors (Lipinski definition) is 12. The summed E-state index contributed by atoms with van der Waals surface area (Å²) in [6.45, 7) is 0. The summed E-state index contributed by atoms with van der Waals surface area (Å²) in [5.41, 5.74) is 2.92. The third kappa shape index (κ3) is 7.49. The predicted molar refractivity (Wildman–Crippen MR) is 210 cm³/mol. The quantitative estimate of drug-likeness (QED) is 0.0968. The zero-order valence-corrected chi connectivity index (χ0v) is 36.6. The topological polar surface area (TPSA) is 111 Å². The maximum absolute atomic E-state index is 5.83. The molecule has 0 aliphatic carbocycles. The lowest BCUT2D eigenvalue weighted by atomic mass is 9.65. The fourth-order valence-electron chi connectivity index (χ4n) is 7.11. The molecule has 0 spiro atoms. The average molecular weight is 801 g/mol. The standard InChI is InChI=1S/C37H52O12Si4/c1-38-50(39-2,40-3)33-21-13-29(14-22-33)37(30-15-23-34(24-16-30)51(41-4,42-5)43-6,31-17-25-35(26-18-31)52(44-7,45-8)46-9)32-19-27-36(28-20-32)53(47-10,48-11)49-12/h13-28H,1-12H3. The highest BCUT2D eigenvalue weighted by Gasteiger charge is 2.47. The van der Waals surface area contributed by atoms with E-state index in [1.165, 1.54) is 0 Å². The Bertz CT molecular complexity index is 1420. The SMILES string of the molecule is CO[Si](OC)(OC)c1ccc(C(c2ccc([Si](OC)(OC)OC)cc2)(c2ccc([Si](OC)(OC)OC)cc2)c2ccc([Si](OC)(OC)OC)cc2)cc1. The molecule has 0 fully saturated rings. The lowest BCUT2D eigenvalue weighted by Gasteiger charge is -2.38. The van der Waals surface area contributed by atoms with E-state index in [9.17, 15) is 0 Å². The van der Waals surface area contributed by atoms with Crippen molar-refractivity contribution in [3.63, 3.8) is 0 Å². The second-order valence-corrected chi connectivity index (χ2v) is 23.4. The van der Waals surface area contributed by atoms with E-state index in [1.807, 2.05) is 48.5 Å². The molecule has 4 rings (SSSR count). The second kappa shape index (κ2) is 18.3. The van der Waals surface area contributed by atoms with Crippen LogP contribution >= 0.6 is 0 Å². The van der Waals surface area contributed by atoms with Crippen molar-refractivity contribution in [2.45, 2.75) is 5.41 Å². The van der Waals surface area contributed by atoms with Crippen molar-refractivity contribution in [1.29, 1.82) is 0 Å². The third-order valence-electron chi connectivity index (χ3n) is 9.91. The fourth-order valence-corrected chi connectivity index (χ4v) is 14.2. The number of benzene rings is 4. The molecule has 16 heteroatoms. The van der Waals surface area contributed by atoms with Gasteiger partial charge in [-0.2, -0.15) is 0 Å². The molecule has 0 radical (unpaired) electrons. The number of rotatable bonds is 20. The van der Waals surface area contributed by atoms with Gasteiger partial charge >= 0.3 is 35.2 Å². The maximum Gasteiger partial charge on any atom is 0.536 e. The van der Waals surface area contributed by atoms with Crippen molar-refractivity contribution in [2.75, 3.05) is 85.3 Å². The molecule has 0 saturated heterocycles. The van der Waals surface area contributed by atoms with Gasteiger partial charge in [0.05, 0.1) is 5.41 Å². The van der Waals surface area contributed by atoms with Crippen molar-refractivity contribution >= 4 is 56.0 Å². The van der Waals surface area contributed by atoms with E-state index < -0.39 is 40.6 Å². The van der Waals surface area contributed by atoms with Crippen LogP contribution in [0.2, 0.25) is 0 Å². The minimum Gasteiger partial charge on any atom is -0.373 e. The molecule has 0 bridgehead atoms. The van der Waals surface area contributed by atoms with E-state index in [0.717, 1.165) is 43.0 Å². The van der Waals surface area contributed by atoms with Crippen LogP contribution in [0.4, 0.5) is 0 Å². The van der Waals surface area contributed by atoms with Crippen LogP contribution in [0.3, 0.4) is 0 Å². The van der Waals surface area contributed by atoms with Gasteiger partial charge in [-0.05, 0) is 22.3 Å². The van der Waals surface area contributed by atoms with Gasteiger partial charge in [-0.1, -0.05) is 97.1 Å². The molecule has 288 valence electrons. The lowest BCUT2D eigenvalue weighted by molar-refractivity contribution is 0.140. The Kier molecular flexibility index (Phi) is 14.8. The van der Waals surface area contributed by atoms with E-state index in [0.29, 0.717) is 0 Å². The molecular formula is C37H52O12Si4. The van der Waals surface area contributed by atoms with Gasteiger partial charge in [0.2, 0.25) is 0 Å². The van der Waals surface area contributed by atoms with Gasteiger partial charge < -0.3 is 53.1 Å². The molecule has 4 aromatic rings. The van der Waals surface area contributed by atoms with Gasteiger partial charge in [0.1, 0.15) is 0 Å². The van der Waals surface area contributed by atoms with Crippen LogP contribution in [-0.4, -0.2) is 121 Å². The highest BCUT2D eigenvalue weighted by atomic mass is 28.4. The molecule has 0 atom stereocenters. The summed E-state index contributed by atoms with van der Waals surface area (Å²) >= 11 is 0. The first-order valence-corrected chi connectivity index (χ1v) is 23.5. The summed E-state index contributed by atoms with van der Waals surface area (Å²) in [5, 5.41) is 3.25. The summed E-state index contributed by atoms with van der Waals surface area (Å²) in [6, 6.07) is 32.7. The highest BCUT2D eigenvalue weighted by Crippen LogP contribution is 2.45. The van der Waals surface area contributed by atoms with Crippen LogP contribution in [0, 0.1) is 0 Å². The van der Waals surface area contributed by atoms with Crippen molar-refractivity contribution in [2.24, 2.45) is 0 Å². The van der Waals surface area contributed by atoms with Gasteiger partial charge in [-0.15, -0.1) is 0 Å². The van der Waals surface area contributed by atoms with Crippen LogP contribution in [0.15, 0.2) is 97.1 Å². The minimum atomic E-state index is -3.15. The van der Waals surface area contributed by atoms with Crippen LogP contribution in [-0.2, 0) is 58.5 Å². The molecular weight excluding hydrogens is 749 g/mol. The van der Waals surface area contributed by atoms with Gasteiger partial charge in [-0.25, -0.2) is 0 Å². The van der Waals surface area contributed by atoms with E-state index in [1.54, 1.807) is 85.3 Å². The first-order valence-electron chi connectivity index (χ1n) is 16.6. The van der Waals surface area contributed by atoms with E-state index in [-0.39, 0.29) is 0 Å². The zero-order valence-electron chi connectivity index (χ0n) is 32.6. The average Bonchev–Trinajstić information content (AvgIpc) is 3.23. The van der Waals surface area contributed by atoms with E-state index >= 15 is 0 Å². The van der Waals surface area contributed by atoms with Gasteiger partial charge in [0.25, 0.3) is 0 Å². The largest absolute Gasteiger partial charge is 0.536 e. The molecule has 0 aliphatic heterocycles.